The van der Waals surface area contributed by atoms with Gasteiger partial charge in [-0.15, -0.1) is 0 Å². The molecule has 4 heteroatoms. The van der Waals surface area contributed by atoms with E-state index in [0.29, 0.717) is 0 Å². The number of hydrogen-bond acceptors (Lipinski definition) is 3. The molecule has 0 aliphatic carbocycles. The minimum atomic E-state index is -0.450. The average molecular weight is 255 g/mol. The summed E-state index contributed by atoms with van der Waals surface area (Å²) in [6.45, 7) is 3.11. The number of ether oxygens (including phenoxy) is 2. The molecule has 2 rings (SSSR count). The fourth-order valence-electron chi connectivity index (χ4n) is 1.17. The first-order valence-corrected chi connectivity index (χ1v) is 5.75. The first kappa shape index (κ1) is 13.9. The summed E-state index contributed by atoms with van der Waals surface area (Å²) in [6.07, 6.45) is 3.01. The Morgan fingerprint density at radius 1 is 1.06 bits per heavy atom. The van der Waals surface area contributed by atoms with Gasteiger partial charge in [-0.2, -0.15) is 0 Å². The van der Waals surface area contributed by atoms with Gasteiger partial charge in [-0.25, -0.2) is 0 Å². The second kappa shape index (κ2) is 8.93. The van der Waals surface area contributed by atoms with Gasteiger partial charge in [0, 0.05) is 0 Å². The van der Waals surface area contributed by atoms with Crippen LogP contribution in [-0.4, -0.2) is 31.7 Å². The SMILES string of the molecule is C1COCCO1.O=C(Cl)/C=C/c1ccccc1. The van der Waals surface area contributed by atoms with Crippen molar-refractivity contribution >= 4 is 22.9 Å². The van der Waals surface area contributed by atoms with Crippen molar-refractivity contribution in [1.29, 1.82) is 0 Å². The van der Waals surface area contributed by atoms with Crippen LogP contribution in [0.15, 0.2) is 36.4 Å². The summed E-state index contributed by atoms with van der Waals surface area (Å²) in [5.74, 6) is 0. The Hall–Kier alpha value is -1.16. The smallest absolute Gasteiger partial charge is 0.245 e. The summed E-state index contributed by atoms with van der Waals surface area (Å²) in [4.78, 5) is 10.3. The first-order chi connectivity index (χ1) is 8.29. The molecule has 0 bridgehead atoms. The molecule has 0 unspecified atom stereocenters. The van der Waals surface area contributed by atoms with E-state index in [1.54, 1.807) is 6.08 Å². The molecule has 92 valence electrons. The van der Waals surface area contributed by atoms with Crippen molar-refractivity contribution in [2.24, 2.45) is 0 Å². The molecule has 0 atom stereocenters. The standard InChI is InChI=1S/C9H7ClO.C4H8O2/c10-9(11)7-6-8-4-2-1-3-5-8;1-2-6-4-3-5-1/h1-7H;1-4H2/b7-6+;. The number of carbonyl (C=O) groups is 1. The lowest BCUT2D eigenvalue weighted by Gasteiger charge is -2.09. The zero-order chi connectivity index (χ0) is 12.3. The van der Waals surface area contributed by atoms with Crippen LogP contribution in [0.1, 0.15) is 5.56 Å². The van der Waals surface area contributed by atoms with Gasteiger partial charge in [0.05, 0.1) is 26.4 Å². The lowest BCUT2D eigenvalue weighted by molar-refractivity contribution is -0.107. The molecule has 1 aromatic carbocycles. The Morgan fingerprint density at radius 2 is 1.59 bits per heavy atom. The molecule has 1 aliphatic rings. The molecule has 0 aromatic heterocycles. The number of rotatable bonds is 2. The van der Waals surface area contributed by atoms with Gasteiger partial charge in [0.1, 0.15) is 0 Å². The van der Waals surface area contributed by atoms with Crippen molar-refractivity contribution in [3.8, 4) is 0 Å². The van der Waals surface area contributed by atoms with E-state index in [1.807, 2.05) is 30.3 Å². The largest absolute Gasteiger partial charge is 0.377 e. The van der Waals surface area contributed by atoms with Gasteiger partial charge in [-0.3, -0.25) is 4.79 Å². The predicted octanol–water partition coefficient (Wildman–Crippen LogP) is 2.50. The molecule has 1 aromatic rings. The summed E-state index contributed by atoms with van der Waals surface area (Å²) < 4.78 is 9.89. The number of carbonyl (C=O) groups excluding carboxylic acids is 1. The third-order valence-electron chi connectivity index (χ3n) is 1.95. The van der Waals surface area contributed by atoms with Gasteiger partial charge >= 0.3 is 0 Å². The molecule has 0 amide bonds. The summed E-state index contributed by atoms with van der Waals surface area (Å²) in [5.41, 5.74) is 0.974. The number of benzene rings is 1. The summed E-state index contributed by atoms with van der Waals surface area (Å²) in [7, 11) is 0. The summed E-state index contributed by atoms with van der Waals surface area (Å²) in [5, 5.41) is -0.450. The monoisotopic (exact) mass is 254 g/mol. The lowest BCUT2D eigenvalue weighted by atomic mass is 10.2. The normalized spacial score (nSPS) is 15.1. The van der Waals surface area contributed by atoms with Crippen LogP contribution in [0, 0.1) is 0 Å². The summed E-state index contributed by atoms with van der Waals surface area (Å²) >= 11 is 5.10. The van der Waals surface area contributed by atoms with Crippen molar-refractivity contribution in [2.75, 3.05) is 26.4 Å². The minimum Gasteiger partial charge on any atom is -0.377 e. The van der Waals surface area contributed by atoms with E-state index in [4.69, 9.17) is 21.1 Å². The van der Waals surface area contributed by atoms with E-state index in [9.17, 15) is 4.79 Å². The van der Waals surface area contributed by atoms with E-state index in [1.165, 1.54) is 6.08 Å². The maximum absolute atomic E-state index is 10.3. The van der Waals surface area contributed by atoms with Crippen LogP contribution in [0.2, 0.25) is 0 Å². The molecule has 3 nitrogen and oxygen atoms in total. The van der Waals surface area contributed by atoms with Crippen LogP contribution < -0.4 is 0 Å². The second-order valence-corrected chi connectivity index (χ2v) is 3.65. The maximum atomic E-state index is 10.3. The molecule has 1 fully saturated rings. The molecule has 17 heavy (non-hydrogen) atoms. The van der Waals surface area contributed by atoms with Crippen molar-refractivity contribution in [2.45, 2.75) is 0 Å². The number of hydrogen-bond donors (Lipinski definition) is 0. The average Bonchev–Trinajstić information content (AvgIpc) is 2.40. The van der Waals surface area contributed by atoms with E-state index in [2.05, 4.69) is 0 Å². The van der Waals surface area contributed by atoms with E-state index < -0.39 is 5.24 Å². The van der Waals surface area contributed by atoms with Gasteiger partial charge in [-0.1, -0.05) is 36.4 Å². The molecule has 1 saturated heterocycles. The minimum absolute atomic E-state index is 0.450. The van der Waals surface area contributed by atoms with E-state index >= 15 is 0 Å². The van der Waals surface area contributed by atoms with Gasteiger partial charge in [0.15, 0.2) is 0 Å². The van der Waals surface area contributed by atoms with Gasteiger partial charge < -0.3 is 9.47 Å². The van der Waals surface area contributed by atoms with Gasteiger partial charge in [0.25, 0.3) is 0 Å². The topological polar surface area (TPSA) is 35.5 Å². The zero-order valence-corrected chi connectivity index (χ0v) is 10.2. The van der Waals surface area contributed by atoms with Crippen molar-refractivity contribution in [3.63, 3.8) is 0 Å². The lowest BCUT2D eigenvalue weighted by Crippen LogP contribution is -2.16. The van der Waals surface area contributed by atoms with Crippen LogP contribution >= 0.6 is 11.6 Å². The Bertz CT molecular complexity index is 333. The predicted molar refractivity (Wildman–Crippen MR) is 68.0 cm³/mol. The Labute approximate surface area is 106 Å². The van der Waals surface area contributed by atoms with E-state index in [0.717, 1.165) is 32.0 Å². The fourth-order valence-corrected chi connectivity index (χ4v) is 1.23. The number of halogens is 1. The third-order valence-corrected chi connectivity index (χ3v) is 2.08. The van der Waals surface area contributed by atoms with Crippen LogP contribution in [-0.2, 0) is 14.3 Å². The number of allylic oxidation sites excluding steroid dienone is 1. The highest BCUT2D eigenvalue weighted by Gasteiger charge is 1.94. The van der Waals surface area contributed by atoms with Crippen LogP contribution in [0.4, 0.5) is 0 Å². The van der Waals surface area contributed by atoms with E-state index in [-0.39, 0.29) is 0 Å². The molecule has 1 heterocycles. The molecule has 0 radical (unpaired) electrons. The Balaban J connectivity index is 0.000000202. The van der Waals surface area contributed by atoms with Crippen LogP contribution in [0.3, 0.4) is 0 Å². The fraction of sp³-hybridized carbons (Fsp3) is 0.308. The molecule has 0 spiro atoms. The second-order valence-electron chi connectivity index (χ2n) is 3.27. The molecule has 0 N–H and O–H groups in total. The highest BCUT2D eigenvalue weighted by Crippen LogP contribution is 2.01. The maximum Gasteiger partial charge on any atom is 0.245 e. The Kier molecular flexibility index (Phi) is 7.30. The highest BCUT2D eigenvalue weighted by atomic mass is 35.5. The first-order valence-electron chi connectivity index (χ1n) is 5.37. The molecular weight excluding hydrogens is 240 g/mol. The molecular formula is C13H15ClO3. The third kappa shape index (κ3) is 7.69. The van der Waals surface area contributed by atoms with Crippen LogP contribution in [0.25, 0.3) is 6.08 Å². The van der Waals surface area contributed by atoms with Gasteiger partial charge in [0.2, 0.25) is 5.24 Å². The van der Waals surface area contributed by atoms with Crippen molar-refractivity contribution in [1.82, 2.24) is 0 Å². The quantitative estimate of drug-likeness (QED) is 0.601. The van der Waals surface area contributed by atoms with Crippen molar-refractivity contribution < 1.29 is 14.3 Å². The summed E-state index contributed by atoms with van der Waals surface area (Å²) in [6, 6.07) is 9.52. The van der Waals surface area contributed by atoms with Gasteiger partial charge in [-0.05, 0) is 23.2 Å². The molecule has 0 saturated carbocycles. The van der Waals surface area contributed by atoms with Crippen molar-refractivity contribution in [3.05, 3.63) is 42.0 Å². The van der Waals surface area contributed by atoms with Crippen LogP contribution in [0.5, 0.6) is 0 Å². The zero-order valence-electron chi connectivity index (χ0n) is 9.47. The molecule has 1 aliphatic heterocycles. The Morgan fingerprint density at radius 3 is 2.00 bits per heavy atom. The highest BCUT2D eigenvalue weighted by molar-refractivity contribution is 6.66.